The third-order valence-electron chi connectivity index (χ3n) is 3.79. The van der Waals surface area contributed by atoms with Gasteiger partial charge in [0.25, 0.3) is 10.0 Å². The maximum Gasteiger partial charge on any atom is 0.266 e. The monoisotopic (exact) mass is 355 g/mol. The van der Waals surface area contributed by atoms with E-state index in [1.165, 1.54) is 24.9 Å². The zero-order valence-electron chi connectivity index (χ0n) is 13.8. The topological polar surface area (TPSA) is 111 Å². The Morgan fingerprint density at radius 1 is 1.04 bits per heavy atom. The van der Waals surface area contributed by atoms with E-state index < -0.39 is 10.0 Å². The van der Waals surface area contributed by atoms with Gasteiger partial charge in [0.05, 0.1) is 5.69 Å². The number of hydrogen-bond acceptors (Lipinski definition) is 6. The summed E-state index contributed by atoms with van der Waals surface area (Å²) in [5.74, 6) is -0.0832. The molecular weight excluding hydrogens is 338 g/mol. The molecular formula is C17H17N5O2S. The van der Waals surface area contributed by atoms with Crippen LogP contribution in [-0.4, -0.2) is 23.4 Å². The predicted octanol–water partition coefficient (Wildman–Crippen LogP) is 2.54. The highest BCUT2D eigenvalue weighted by Gasteiger charge is 2.25. The van der Waals surface area contributed by atoms with E-state index in [1.54, 1.807) is 6.07 Å². The molecule has 128 valence electrons. The lowest BCUT2D eigenvalue weighted by molar-refractivity contribution is 0.601. The van der Waals surface area contributed by atoms with Crippen molar-refractivity contribution in [3.63, 3.8) is 0 Å². The van der Waals surface area contributed by atoms with E-state index in [9.17, 15) is 8.42 Å². The number of benzene rings is 1. The Morgan fingerprint density at radius 2 is 1.68 bits per heavy atom. The van der Waals surface area contributed by atoms with Crippen molar-refractivity contribution < 1.29 is 8.42 Å². The van der Waals surface area contributed by atoms with Crippen molar-refractivity contribution in [2.75, 3.05) is 10.5 Å². The van der Waals surface area contributed by atoms with Gasteiger partial charge >= 0.3 is 0 Å². The molecule has 7 nitrogen and oxygen atoms in total. The maximum atomic E-state index is 13.0. The predicted molar refractivity (Wildman–Crippen MR) is 96.4 cm³/mol. The Morgan fingerprint density at radius 3 is 2.32 bits per heavy atom. The summed E-state index contributed by atoms with van der Waals surface area (Å²) in [4.78, 5) is 11.7. The first-order valence-corrected chi connectivity index (χ1v) is 8.97. The van der Waals surface area contributed by atoms with Crippen LogP contribution in [0, 0.1) is 13.8 Å². The molecule has 0 atom stereocenters. The minimum absolute atomic E-state index is 0.0832. The second-order valence-electron chi connectivity index (χ2n) is 5.57. The molecule has 0 spiro atoms. The summed E-state index contributed by atoms with van der Waals surface area (Å²) in [5.41, 5.74) is 9.00. The van der Waals surface area contributed by atoms with Gasteiger partial charge in [-0.25, -0.2) is 23.4 Å². The first-order chi connectivity index (χ1) is 11.9. The normalized spacial score (nSPS) is 11.3. The van der Waals surface area contributed by atoms with E-state index in [0.717, 1.165) is 11.1 Å². The number of nitrogens with one attached hydrogen (secondary N) is 1. The summed E-state index contributed by atoms with van der Waals surface area (Å²) in [6, 6.07) is 7.12. The molecule has 2 heterocycles. The molecule has 0 saturated heterocycles. The molecule has 0 fully saturated rings. The molecule has 25 heavy (non-hydrogen) atoms. The third-order valence-corrected chi connectivity index (χ3v) is 5.23. The fraction of sp³-hybridized carbons (Fsp3) is 0.118. The minimum Gasteiger partial charge on any atom is -0.383 e. The van der Waals surface area contributed by atoms with Gasteiger partial charge in [-0.1, -0.05) is 18.2 Å². The molecule has 0 aliphatic carbocycles. The Kier molecular flexibility index (Phi) is 4.37. The van der Waals surface area contributed by atoms with Crippen molar-refractivity contribution in [3.8, 4) is 11.1 Å². The second kappa shape index (κ2) is 6.48. The number of aryl methyl sites for hydroxylation is 2. The van der Waals surface area contributed by atoms with Crippen molar-refractivity contribution >= 4 is 21.5 Å². The molecule has 1 aromatic carbocycles. The van der Waals surface area contributed by atoms with Crippen LogP contribution in [0.1, 0.15) is 11.1 Å². The third kappa shape index (κ3) is 3.29. The standard InChI is InChI=1S/C17H17N5O2S/c1-11-4-3-5-12(2)15(11)22-25(23,24)16-14(6-7-21-17(16)18)13-8-19-10-20-9-13/h3-10,22H,1-2H3,(H2,18,21). The number of para-hydroxylation sites is 1. The van der Waals surface area contributed by atoms with Crippen molar-refractivity contribution in [1.82, 2.24) is 15.0 Å². The van der Waals surface area contributed by atoms with Gasteiger partial charge in [0.15, 0.2) is 0 Å². The van der Waals surface area contributed by atoms with Gasteiger partial charge in [0.1, 0.15) is 17.0 Å². The SMILES string of the molecule is Cc1cccc(C)c1NS(=O)(=O)c1c(-c2cncnc2)ccnc1N. The first kappa shape index (κ1) is 16.8. The Balaban J connectivity index is 2.16. The van der Waals surface area contributed by atoms with E-state index in [2.05, 4.69) is 19.7 Å². The van der Waals surface area contributed by atoms with E-state index in [4.69, 9.17) is 5.73 Å². The lowest BCUT2D eigenvalue weighted by atomic mass is 10.1. The number of hydrogen-bond donors (Lipinski definition) is 2. The van der Waals surface area contributed by atoms with Crippen molar-refractivity contribution in [2.24, 2.45) is 0 Å². The van der Waals surface area contributed by atoms with Gasteiger partial charge in [0.2, 0.25) is 0 Å². The largest absolute Gasteiger partial charge is 0.383 e. The summed E-state index contributed by atoms with van der Waals surface area (Å²) in [7, 11) is -3.96. The molecule has 0 bridgehead atoms. The van der Waals surface area contributed by atoms with E-state index in [-0.39, 0.29) is 10.7 Å². The highest BCUT2D eigenvalue weighted by Crippen LogP contribution is 2.32. The Labute approximate surface area is 146 Å². The fourth-order valence-corrected chi connectivity index (χ4v) is 4.07. The summed E-state index contributed by atoms with van der Waals surface area (Å²) < 4.78 is 28.7. The molecule has 8 heteroatoms. The Hall–Kier alpha value is -3.00. The molecule has 2 aromatic heterocycles. The Bertz CT molecular complexity index is 1000. The van der Waals surface area contributed by atoms with E-state index >= 15 is 0 Å². The van der Waals surface area contributed by atoms with Crippen molar-refractivity contribution in [3.05, 3.63) is 60.3 Å². The molecule has 0 aliphatic rings. The van der Waals surface area contributed by atoms with Gasteiger partial charge < -0.3 is 5.73 Å². The highest BCUT2D eigenvalue weighted by atomic mass is 32.2. The molecule has 3 rings (SSSR count). The number of rotatable bonds is 4. The van der Waals surface area contributed by atoms with Gasteiger partial charge in [-0.15, -0.1) is 0 Å². The number of sulfonamides is 1. The van der Waals surface area contributed by atoms with Crippen molar-refractivity contribution in [1.29, 1.82) is 0 Å². The average Bonchev–Trinajstić information content (AvgIpc) is 2.59. The summed E-state index contributed by atoms with van der Waals surface area (Å²) in [6.07, 6.45) is 5.88. The van der Waals surface area contributed by atoms with Crippen LogP contribution >= 0.6 is 0 Å². The second-order valence-corrected chi connectivity index (χ2v) is 7.19. The maximum absolute atomic E-state index is 13.0. The molecule has 3 aromatic rings. The van der Waals surface area contributed by atoms with Crippen LogP contribution in [-0.2, 0) is 10.0 Å². The smallest absolute Gasteiger partial charge is 0.266 e. The number of nitrogens with two attached hydrogens (primary N) is 1. The highest BCUT2D eigenvalue weighted by molar-refractivity contribution is 7.93. The van der Waals surface area contributed by atoms with Gasteiger partial charge in [0, 0.05) is 29.7 Å². The number of nitrogen functional groups attached to an aromatic ring is 1. The fourth-order valence-electron chi connectivity index (χ4n) is 2.57. The lowest BCUT2D eigenvalue weighted by Gasteiger charge is -2.16. The summed E-state index contributed by atoms with van der Waals surface area (Å²) in [6.45, 7) is 3.67. The number of nitrogens with zero attached hydrogens (tertiary/aromatic N) is 3. The van der Waals surface area contributed by atoms with Crippen molar-refractivity contribution in [2.45, 2.75) is 18.7 Å². The number of anilines is 2. The van der Waals surface area contributed by atoms with Crippen LogP contribution in [0.4, 0.5) is 11.5 Å². The molecule has 0 saturated carbocycles. The summed E-state index contributed by atoms with van der Waals surface area (Å²) >= 11 is 0. The first-order valence-electron chi connectivity index (χ1n) is 7.49. The molecule has 3 N–H and O–H groups in total. The molecule has 0 unspecified atom stereocenters. The van der Waals surface area contributed by atoms with Gasteiger partial charge in [-0.2, -0.15) is 0 Å². The van der Waals surface area contributed by atoms with Crippen LogP contribution < -0.4 is 10.5 Å². The molecule has 0 radical (unpaired) electrons. The van der Waals surface area contributed by atoms with Crippen LogP contribution in [0.25, 0.3) is 11.1 Å². The zero-order valence-corrected chi connectivity index (χ0v) is 14.6. The van der Waals surface area contributed by atoms with Crippen LogP contribution in [0.2, 0.25) is 0 Å². The number of aromatic nitrogens is 3. The van der Waals surface area contributed by atoms with Crippen LogP contribution in [0.15, 0.2) is 54.1 Å². The average molecular weight is 355 g/mol. The zero-order chi connectivity index (χ0) is 18.0. The molecule has 0 aliphatic heterocycles. The molecule has 0 amide bonds. The van der Waals surface area contributed by atoms with Gasteiger partial charge in [-0.3, -0.25) is 4.72 Å². The lowest BCUT2D eigenvalue weighted by Crippen LogP contribution is -2.18. The van der Waals surface area contributed by atoms with E-state index in [0.29, 0.717) is 16.8 Å². The van der Waals surface area contributed by atoms with Crippen LogP contribution in [0.3, 0.4) is 0 Å². The number of pyridine rings is 1. The quantitative estimate of drug-likeness (QED) is 0.744. The van der Waals surface area contributed by atoms with Gasteiger partial charge in [-0.05, 0) is 31.0 Å². The van der Waals surface area contributed by atoms with Crippen LogP contribution in [0.5, 0.6) is 0 Å². The summed E-state index contributed by atoms with van der Waals surface area (Å²) in [5, 5.41) is 0. The van der Waals surface area contributed by atoms with E-state index in [1.807, 2.05) is 32.0 Å². The minimum atomic E-state index is -3.96.